The van der Waals surface area contributed by atoms with Gasteiger partial charge in [-0.25, -0.2) is 4.79 Å². The van der Waals surface area contributed by atoms with Gasteiger partial charge in [0.2, 0.25) is 0 Å². The summed E-state index contributed by atoms with van der Waals surface area (Å²) in [5.74, 6) is -0.922. The van der Waals surface area contributed by atoms with Crippen molar-refractivity contribution in [3.8, 4) is 0 Å². The number of nitrogens with two attached hydrogens (primary N) is 1. The molecular formula is C15H21NO2. The maximum atomic E-state index is 10.1. The Morgan fingerprint density at radius 1 is 1.17 bits per heavy atom. The quantitative estimate of drug-likeness (QED) is 0.789. The molecule has 1 aromatic carbocycles. The Labute approximate surface area is 108 Å². The molecule has 18 heavy (non-hydrogen) atoms. The normalized spacial score (nSPS) is 16.1. The number of aliphatic carboxylic acids is 1. The fraction of sp³-hybridized carbons (Fsp3) is 0.400. The van der Waals surface area contributed by atoms with Gasteiger partial charge in [-0.05, 0) is 24.5 Å². The summed E-state index contributed by atoms with van der Waals surface area (Å²) in [6, 6.07) is 9.84. The number of hydrogen-bond donors (Lipinski definition) is 2. The van der Waals surface area contributed by atoms with Gasteiger partial charge < -0.3 is 10.8 Å². The molecule has 0 heterocycles. The van der Waals surface area contributed by atoms with E-state index in [4.69, 9.17) is 10.8 Å². The summed E-state index contributed by atoms with van der Waals surface area (Å²) in [5.41, 5.74) is 6.53. The highest BCUT2D eigenvalue weighted by molar-refractivity contribution is 5.85. The topological polar surface area (TPSA) is 63.3 Å². The van der Waals surface area contributed by atoms with Gasteiger partial charge in [0, 0.05) is 12.1 Å². The molecule has 0 aliphatic heterocycles. The lowest BCUT2D eigenvalue weighted by Crippen LogP contribution is -2.22. The molecule has 0 bridgehead atoms. The fourth-order valence-corrected chi connectivity index (χ4v) is 1.87. The van der Waals surface area contributed by atoms with Crippen LogP contribution in [0.2, 0.25) is 0 Å². The zero-order valence-electron chi connectivity index (χ0n) is 10.6. The molecule has 3 nitrogen and oxygen atoms in total. The molecule has 0 radical (unpaired) electrons. The van der Waals surface area contributed by atoms with E-state index in [0.717, 1.165) is 11.6 Å². The van der Waals surface area contributed by atoms with Gasteiger partial charge in [0.1, 0.15) is 0 Å². The molecule has 3 N–H and O–H groups in total. The molecule has 1 fully saturated rings. The molecule has 0 atom stereocenters. The number of hydrogen-bond acceptors (Lipinski definition) is 2. The third-order valence-corrected chi connectivity index (χ3v) is 2.87. The number of carbonyl (C=O) groups is 1. The average Bonchev–Trinajstić information content (AvgIpc) is 2.39. The van der Waals surface area contributed by atoms with Crippen molar-refractivity contribution < 1.29 is 9.90 Å². The van der Waals surface area contributed by atoms with E-state index in [0.29, 0.717) is 6.04 Å². The van der Waals surface area contributed by atoms with Crippen molar-refractivity contribution in [2.45, 2.75) is 38.1 Å². The second-order valence-corrected chi connectivity index (χ2v) is 4.48. The average molecular weight is 247 g/mol. The van der Waals surface area contributed by atoms with E-state index >= 15 is 0 Å². The highest BCUT2D eigenvalue weighted by atomic mass is 16.4. The molecular weight excluding hydrogens is 226 g/mol. The second kappa shape index (κ2) is 8.48. The molecule has 1 aromatic rings. The first kappa shape index (κ1) is 14.5. The zero-order valence-corrected chi connectivity index (χ0v) is 10.6. The SMILES string of the molecule is NC1CCCCC1.O=C(O)C=Cc1ccccc1. The molecule has 1 aliphatic rings. The van der Waals surface area contributed by atoms with E-state index in [1.54, 1.807) is 6.08 Å². The monoisotopic (exact) mass is 247 g/mol. The Morgan fingerprint density at radius 2 is 1.78 bits per heavy atom. The fourth-order valence-electron chi connectivity index (χ4n) is 1.87. The van der Waals surface area contributed by atoms with Crippen molar-refractivity contribution >= 4 is 12.0 Å². The van der Waals surface area contributed by atoms with Crippen LogP contribution in [0.1, 0.15) is 37.7 Å². The summed E-state index contributed by atoms with van der Waals surface area (Å²) < 4.78 is 0. The van der Waals surface area contributed by atoms with Crippen molar-refractivity contribution in [3.63, 3.8) is 0 Å². The van der Waals surface area contributed by atoms with Crippen LogP contribution in [0.25, 0.3) is 6.08 Å². The van der Waals surface area contributed by atoms with Crippen molar-refractivity contribution in [2.24, 2.45) is 5.73 Å². The van der Waals surface area contributed by atoms with Crippen molar-refractivity contribution in [3.05, 3.63) is 42.0 Å². The molecule has 0 unspecified atom stereocenters. The number of benzene rings is 1. The molecule has 98 valence electrons. The zero-order chi connectivity index (χ0) is 13.2. The van der Waals surface area contributed by atoms with Crippen LogP contribution in [0.3, 0.4) is 0 Å². The molecule has 0 spiro atoms. The Bertz CT molecular complexity index is 367. The van der Waals surface area contributed by atoms with Crippen LogP contribution in [-0.4, -0.2) is 17.1 Å². The second-order valence-electron chi connectivity index (χ2n) is 4.48. The lowest BCUT2D eigenvalue weighted by atomic mass is 9.97. The minimum atomic E-state index is -0.922. The maximum Gasteiger partial charge on any atom is 0.328 e. The Hall–Kier alpha value is -1.61. The van der Waals surface area contributed by atoms with Crippen LogP contribution in [0.4, 0.5) is 0 Å². The Morgan fingerprint density at radius 3 is 2.22 bits per heavy atom. The van der Waals surface area contributed by atoms with Crippen LogP contribution in [0, 0.1) is 0 Å². The smallest absolute Gasteiger partial charge is 0.328 e. The van der Waals surface area contributed by atoms with Crippen LogP contribution >= 0.6 is 0 Å². The van der Waals surface area contributed by atoms with E-state index in [-0.39, 0.29) is 0 Å². The van der Waals surface area contributed by atoms with Crippen LogP contribution in [0.5, 0.6) is 0 Å². The molecule has 0 aromatic heterocycles. The molecule has 1 saturated carbocycles. The number of carboxylic acid groups (broad SMARTS) is 1. The first-order valence-corrected chi connectivity index (χ1v) is 6.40. The van der Waals surface area contributed by atoms with Crippen LogP contribution in [-0.2, 0) is 4.79 Å². The van der Waals surface area contributed by atoms with Gasteiger partial charge in [-0.1, -0.05) is 49.6 Å². The van der Waals surface area contributed by atoms with Crippen molar-refractivity contribution in [2.75, 3.05) is 0 Å². The van der Waals surface area contributed by atoms with E-state index in [9.17, 15) is 4.79 Å². The van der Waals surface area contributed by atoms with Gasteiger partial charge in [-0.2, -0.15) is 0 Å². The maximum absolute atomic E-state index is 10.1. The largest absolute Gasteiger partial charge is 0.478 e. The number of rotatable bonds is 2. The van der Waals surface area contributed by atoms with Gasteiger partial charge >= 0.3 is 5.97 Å². The van der Waals surface area contributed by atoms with Crippen LogP contribution in [0.15, 0.2) is 36.4 Å². The standard InChI is InChI=1S/C9H8O2.C6H13N/c10-9(11)7-6-8-4-2-1-3-5-8;7-6-4-2-1-3-5-6/h1-7H,(H,10,11);6H,1-5,7H2. The molecule has 1 aliphatic carbocycles. The van der Waals surface area contributed by atoms with Gasteiger partial charge in [0.05, 0.1) is 0 Å². The summed E-state index contributed by atoms with van der Waals surface area (Å²) in [6.45, 7) is 0. The Kier molecular flexibility index (Phi) is 6.81. The first-order valence-electron chi connectivity index (χ1n) is 6.40. The lowest BCUT2D eigenvalue weighted by Gasteiger charge is -2.15. The highest BCUT2D eigenvalue weighted by Gasteiger charge is 2.06. The third kappa shape index (κ3) is 6.86. The molecule has 2 rings (SSSR count). The van der Waals surface area contributed by atoms with Crippen molar-refractivity contribution in [1.29, 1.82) is 0 Å². The predicted octanol–water partition coefficient (Wildman–Crippen LogP) is 3.06. The summed E-state index contributed by atoms with van der Waals surface area (Å²) in [4.78, 5) is 10.1. The van der Waals surface area contributed by atoms with Gasteiger partial charge in [0.25, 0.3) is 0 Å². The van der Waals surface area contributed by atoms with Gasteiger partial charge in [-0.15, -0.1) is 0 Å². The highest BCUT2D eigenvalue weighted by Crippen LogP contribution is 2.14. The predicted molar refractivity (Wildman–Crippen MR) is 74.2 cm³/mol. The molecule has 0 saturated heterocycles. The van der Waals surface area contributed by atoms with Crippen LogP contribution < -0.4 is 5.73 Å². The van der Waals surface area contributed by atoms with Gasteiger partial charge in [0.15, 0.2) is 0 Å². The minimum Gasteiger partial charge on any atom is -0.478 e. The van der Waals surface area contributed by atoms with E-state index in [1.165, 1.54) is 32.1 Å². The van der Waals surface area contributed by atoms with E-state index < -0.39 is 5.97 Å². The lowest BCUT2D eigenvalue weighted by molar-refractivity contribution is -0.131. The van der Waals surface area contributed by atoms with Gasteiger partial charge in [-0.3, -0.25) is 0 Å². The molecule has 0 amide bonds. The summed E-state index contributed by atoms with van der Waals surface area (Å²) >= 11 is 0. The minimum absolute atomic E-state index is 0.536. The number of carboxylic acids is 1. The summed E-state index contributed by atoms with van der Waals surface area (Å²) in [5, 5.41) is 8.29. The van der Waals surface area contributed by atoms with Crippen molar-refractivity contribution in [1.82, 2.24) is 0 Å². The molecule has 3 heteroatoms. The van der Waals surface area contributed by atoms with E-state index in [1.807, 2.05) is 30.3 Å². The van der Waals surface area contributed by atoms with E-state index in [2.05, 4.69) is 0 Å². The Balaban J connectivity index is 0.000000199. The third-order valence-electron chi connectivity index (χ3n) is 2.87. The first-order chi connectivity index (χ1) is 8.68. The summed E-state index contributed by atoms with van der Waals surface area (Å²) in [6.07, 6.45) is 9.34. The summed E-state index contributed by atoms with van der Waals surface area (Å²) in [7, 11) is 0.